The van der Waals surface area contributed by atoms with E-state index in [2.05, 4.69) is 17.1 Å². The molecule has 1 N–H and O–H groups in total. The van der Waals surface area contributed by atoms with Gasteiger partial charge in [0.2, 0.25) is 0 Å². The standard InChI is InChI=1S/C19H18Cl2N2O3/c1-3-10-25-16-7-4-14(5-8-16)12-22-23-19(24)13(2)26-18-9-6-15(20)11-17(18)21/h3-9,11-13H,1,10H2,2H3,(H,23,24)/t13-/m0/s1. The molecule has 0 bridgehead atoms. The van der Waals surface area contributed by atoms with Crippen LogP contribution < -0.4 is 14.9 Å². The Hall–Kier alpha value is -2.50. The van der Waals surface area contributed by atoms with Crippen LogP contribution in [0.1, 0.15) is 12.5 Å². The minimum atomic E-state index is -0.777. The van der Waals surface area contributed by atoms with Crippen LogP contribution in [-0.4, -0.2) is 24.8 Å². The third-order valence-corrected chi connectivity index (χ3v) is 3.73. The number of hydrogen-bond acceptors (Lipinski definition) is 4. The van der Waals surface area contributed by atoms with Crippen molar-refractivity contribution in [1.82, 2.24) is 5.43 Å². The maximum atomic E-state index is 12.0. The Bertz CT molecular complexity index is 792. The van der Waals surface area contributed by atoms with Crippen molar-refractivity contribution < 1.29 is 14.3 Å². The van der Waals surface area contributed by atoms with Crippen LogP contribution in [0.3, 0.4) is 0 Å². The largest absolute Gasteiger partial charge is 0.490 e. The Balaban J connectivity index is 1.86. The molecule has 0 saturated carbocycles. The maximum Gasteiger partial charge on any atom is 0.280 e. The smallest absolute Gasteiger partial charge is 0.280 e. The lowest BCUT2D eigenvalue weighted by Crippen LogP contribution is -2.33. The van der Waals surface area contributed by atoms with Crippen molar-refractivity contribution >= 4 is 35.3 Å². The van der Waals surface area contributed by atoms with E-state index in [0.717, 1.165) is 11.3 Å². The van der Waals surface area contributed by atoms with Crippen molar-refractivity contribution in [2.24, 2.45) is 5.10 Å². The molecular formula is C19H18Cl2N2O3. The molecule has 0 unspecified atom stereocenters. The summed E-state index contributed by atoms with van der Waals surface area (Å²) in [4.78, 5) is 12.0. The Morgan fingerprint density at radius 3 is 2.65 bits per heavy atom. The summed E-state index contributed by atoms with van der Waals surface area (Å²) in [6.45, 7) is 5.63. The van der Waals surface area contributed by atoms with Crippen molar-refractivity contribution in [1.29, 1.82) is 0 Å². The summed E-state index contributed by atoms with van der Waals surface area (Å²) in [5, 5.41) is 4.74. The summed E-state index contributed by atoms with van der Waals surface area (Å²) in [7, 11) is 0. The molecule has 2 rings (SSSR count). The van der Waals surface area contributed by atoms with Gasteiger partial charge in [0.15, 0.2) is 6.10 Å². The van der Waals surface area contributed by atoms with E-state index < -0.39 is 12.0 Å². The molecule has 0 fully saturated rings. The first kappa shape index (κ1) is 19.8. The Kier molecular flexibility index (Phi) is 7.51. The number of amides is 1. The molecule has 1 amide bonds. The molecule has 0 heterocycles. The van der Waals surface area contributed by atoms with E-state index in [1.165, 1.54) is 6.21 Å². The van der Waals surface area contributed by atoms with E-state index in [9.17, 15) is 4.79 Å². The molecule has 0 saturated heterocycles. The highest BCUT2D eigenvalue weighted by atomic mass is 35.5. The van der Waals surface area contributed by atoms with Gasteiger partial charge in [0.05, 0.1) is 11.2 Å². The molecule has 26 heavy (non-hydrogen) atoms. The third kappa shape index (κ3) is 6.10. The van der Waals surface area contributed by atoms with Crippen molar-refractivity contribution in [3.05, 3.63) is 70.7 Å². The zero-order valence-electron chi connectivity index (χ0n) is 14.1. The van der Waals surface area contributed by atoms with Gasteiger partial charge in [-0.1, -0.05) is 35.9 Å². The van der Waals surface area contributed by atoms with Crippen LogP contribution in [0.15, 0.2) is 60.2 Å². The number of halogens is 2. The maximum absolute atomic E-state index is 12.0. The topological polar surface area (TPSA) is 59.9 Å². The quantitative estimate of drug-likeness (QED) is 0.409. The number of nitrogens with one attached hydrogen (secondary N) is 1. The van der Waals surface area contributed by atoms with Gasteiger partial charge < -0.3 is 9.47 Å². The molecule has 136 valence electrons. The number of carbonyl (C=O) groups is 1. The zero-order chi connectivity index (χ0) is 18.9. The van der Waals surface area contributed by atoms with Gasteiger partial charge in [-0.25, -0.2) is 5.43 Å². The number of rotatable bonds is 8. The summed E-state index contributed by atoms with van der Waals surface area (Å²) in [6, 6.07) is 12.0. The van der Waals surface area contributed by atoms with E-state index in [1.807, 2.05) is 12.1 Å². The number of nitrogens with zero attached hydrogens (tertiary/aromatic N) is 1. The van der Waals surface area contributed by atoms with Crippen LogP contribution in [-0.2, 0) is 4.79 Å². The van der Waals surface area contributed by atoms with Gasteiger partial charge in [0.1, 0.15) is 18.1 Å². The monoisotopic (exact) mass is 392 g/mol. The minimum absolute atomic E-state index is 0.333. The second-order valence-corrected chi connectivity index (χ2v) is 6.08. The van der Waals surface area contributed by atoms with Crippen LogP contribution >= 0.6 is 23.2 Å². The highest BCUT2D eigenvalue weighted by Crippen LogP contribution is 2.28. The lowest BCUT2D eigenvalue weighted by Gasteiger charge is -2.14. The van der Waals surface area contributed by atoms with Crippen LogP contribution in [0, 0.1) is 0 Å². The van der Waals surface area contributed by atoms with Gasteiger partial charge in [-0.2, -0.15) is 5.10 Å². The van der Waals surface area contributed by atoms with Gasteiger partial charge in [-0.05, 0) is 55.0 Å². The van der Waals surface area contributed by atoms with E-state index >= 15 is 0 Å². The molecule has 0 aliphatic heterocycles. The van der Waals surface area contributed by atoms with Gasteiger partial charge in [-0.3, -0.25) is 4.79 Å². The van der Waals surface area contributed by atoms with Crippen molar-refractivity contribution in [2.75, 3.05) is 6.61 Å². The van der Waals surface area contributed by atoms with E-state index in [4.69, 9.17) is 32.7 Å². The average Bonchev–Trinajstić information content (AvgIpc) is 2.63. The van der Waals surface area contributed by atoms with Gasteiger partial charge in [-0.15, -0.1) is 0 Å². The second-order valence-electron chi connectivity index (χ2n) is 5.24. The fourth-order valence-electron chi connectivity index (χ4n) is 1.88. The summed E-state index contributed by atoms with van der Waals surface area (Å²) in [6.07, 6.45) is 2.42. The summed E-state index contributed by atoms with van der Waals surface area (Å²) in [5.74, 6) is 0.698. The third-order valence-electron chi connectivity index (χ3n) is 3.20. The first-order valence-corrected chi connectivity index (χ1v) is 8.53. The molecule has 2 aromatic carbocycles. The van der Waals surface area contributed by atoms with Crippen molar-refractivity contribution in [3.8, 4) is 11.5 Å². The van der Waals surface area contributed by atoms with Gasteiger partial charge >= 0.3 is 0 Å². The lowest BCUT2D eigenvalue weighted by molar-refractivity contribution is -0.127. The summed E-state index contributed by atoms with van der Waals surface area (Å²) in [5.41, 5.74) is 3.23. The summed E-state index contributed by atoms with van der Waals surface area (Å²) >= 11 is 11.8. The second kappa shape index (κ2) is 9.85. The molecule has 5 nitrogen and oxygen atoms in total. The van der Waals surface area contributed by atoms with E-state index in [1.54, 1.807) is 43.3 Å². The van der Waals surface area contributed by atoms with Crippen LogP contribution in [0.2, 0.25) is 10.0 Å². The fourth-order valence-corrected chi connectivity index (χ4v) is 2.33. The predicted octanol–water partition coefficient (Wildman–Crippen LogP) is 4.48. The van der Waals surface area contributed by atoms with Crippen LogP contribution in [0.4, 0.5) is 0 Å². The molecule has 2 aromatic rings. The number of hydrazone groups is 1. The lowest BCUT2D eigenvalue weighted by atomic mass is 10.2. The molecule has 1 atom stereocenters. The van der Waals surface area contributed by atoms with Gasteiger partial charge in [0, 0.05) is 5.02 Å². The molecular weight excluding hydrogens is 375 g/mol. The number of hydrogen-bond donors (Lipinski definition) is 1. The van der Waals surface area contributed by atoms with Crippen LogP contribution in [0.5, 0.6) is 11.5 Å². The van der Waals surface area contributed by atoms with Crippen molar-refractivity contribution in [2.45, 2.75) is 13.0 Å². The highest BCUT2D eigenvalue weighted by molar-refractivity contribution is 6.35. The van der Waals surface area contributed by atoms with E-state index in [-0.39, 0.29) is 0 Å². The normalized spacial score (nSPS) is 11.8. The molecule has 0 aromatic heterocycles. The molecule has 0 aliphatic rings. The SMILES string of the molecule is C=CCOc1ccc(C=NNC(=O)[C@H](C)Oc2ccc(Cl)cc2Cl)cc1. The number of benzene rings is 2. The highest BCUT2D eigenvalue weighted by Gasteiger charge is 2.15. The first-order chi connectivity index (χ1) is 12.5. The van der Waals surface area contributed by atoms with Crippen LogP contribution in [0.25, 0.3) is 0 Å². The Morgan fingerprint density at radius 1 is 1.27 bits per heavy atom. The molecule has 0 radical (unpaired) electrons. The minimum Gasteiger partial charge on any atom is -0.490 e. The Morgan fingerprint density at radius 2 is 2.00 bits per heavy atom. The average molecular weight is 393 g/mol. The zero-order valence-corrected chi connectivity index (χ0v) is 15.6. The van der Waals surface area contributed by atoms with Crippen molar-refractivity contribution in [3.63, 3.8) is 0 Å². The number of ether oxygens (including phenoxy) is 2. The molecule has 0 aliphatic carbocycles. The first-order valence-electron chi connectivity index (χ1n) is 7.78. The van der Waals surface area contributed by atoms with E-state index in [0.29, 0.717) is 22.4 Å². The predicted molar refractivity (Wildman–Crippen MR) is 104 cm³/mol. The summed E-state index contributed by atoms with van der Waals surface area (Å²) < 4.78 is 10.9. The number of carbonyl (C=O) groups excluding carboxylic acids is 1. The van der Waals surface area contributed by atoms with Gasteiger partial charge in [0.25, 0.3) is 5.91 Å². The molecule has 0 spiro atoms. The fraction of sp³-hybridized carbons (Fsp3) is 0.158. The Labute approximate surface area is 162 Å². The molecule has 7 heteroatoms.